The number of aryl methyl sites for hydroxylation is 1. The van der Waals surface area contributed by atoms with Gasteiger partial charge < -0.3 is 0 Å². The molecule has 1 aliphatic carbocycles. The number of aromatic nitrogens is 3. The lowest BCUT2D eigenvalue weighted by Gasteiger charge is -2.02. The van der Waals surface area contributed by atoms with Gasteiger partial charge in [-0.3, -0.25) is 9.78 Å². The number of nitrogens with one attached hydrogen (secondary N) is 1. The molecule has 0 saturated heterocycles. The molecule has 0 bridgehead atoms. The Bertz CT molecular complexity index is 584. The van der Waals surface area contributed by atoms with Gasteiger partial charge in [-0.2, -0.15) is 5.10 Å². The van der Waals surface area contributed by atoms with Crippen LogP contribution in [0.5, 0.6) is 0 Å². The van der Waals surface area contributed by atoms with Gasteiger partial charge in [0.25, 0.3) is 5.56 Å². The van der Waals surface area contributed by atoms with E-state index in [1.54, 1.807) is 0 Å². The lowest BCUT2D eigenvalue weighted by Crippen LogP contribution is -2.10. The van der Waals surface area contributed by atoms with Crippen molar-refractivity contribution in [1.29, 1.82) is 0 Å². The van der Waals surface area contributed by atoms with Crippen molar-refractivity contribution in [2.75, 3.05) is 0 Å². The van der Waals surface area contributed by atoms with E-state index in [-0.39, 0.29) is 5.56 Å². The van der Waals surface area contributed by atoms with Gasteiger partial charge in [0.1, 0.15) is 0 Å². The molecule has 0 unspecified atom stereocenters. The predicted molar refractivity (Wildman–Crippen MR) is 56.9 cm³/mol. The van der Waals surface area contributed by atoms with Crippen molar-refractivity contribution in [2.45, 2.75) is 25.7 Å². The maximum Gasteiger partial charge on any atom is 0.273 e. The molecule has 0 aromatic carbocycles. The van der Waals surface area contributed by atoms with Gasteiger partial charge in [-0.1, -0.05) is 0 Å². The molecular formula is C11H11N3O. The van der Waals surface area contributed by atoms with Crippen LogP contribution in [0.25, 0.3) is 10.9 Å². The molecule has 4 heteroatoms. The van der Waals surface area contributed by atoms with Gasteiger partial charge in [-0.25, -0.2) is 5.10 Å². The molecule has 2 aromatic heterocycles. The first-order chi connectivity index (χ1) is 7.25. The summed E-state index contributed by atoms with van der Waals surface area (Å²) in [5.74, 6) is 0.605. The molecule has 0 aliphatic heterocycles. The zero-order valence-corrected chi connectivity index (χ0v) is 8.45. The SMILES string of the molecule is Cc1n[nH]c(=O)c2ccc(C3CC3)nc12. The Morgan fingerprint density at radius 2 is 2.20 bits per heavy atom. The first-order valence-corrected chi connectivity index (χ1v) is 5.11. The maximum absolute atomic E-state index is 11.5. The van der Waals surface area contributed by atoms with Gasteiger partial charge in [-0.15, -0.1) is 0 Å². The Morgan fingerprint density at radius 1 is 1.40 bits per heavy atom. The van der Waals surface area contributed by atoms with Crippen molar-refractivity contribution in [3.63, 3.8) is 0 Å². The highest BCUT2D eigenvalue weighted by molar-refractivity contribution is 5.79. The van der Waals surface area contributed by atoms with Gasteiger partial charge in [0.15, 0.2) is 0 Å². The van der Waals surface area contributed by atoms with Crippen molar-refractivity contribution in [2.24, 2.45) is 0 Å². The molecule has 3 rings (SSSR count). The Labute approximate surface area is 86.4 Å². The van der Waals surface area contributed by atoms with Gasteiger partial charge in [0, 0.05) is 11.6 Å². The van der Waals surface area contributed by atoms with E-state index in [1.165, 1.54) is 12.8 Å². The van der Waals surface area contributed by atoms with Crippen LogP contribution < -0.4 is 5.56 Å². The highest BCUT2D eigenvalue weighted by atomic mass is 16.1. The number of fused-ring (bicyclic) bond motifs is 1. The molecule has 76 valence electrons. The summed E-state index contributed by atoms with van der Waals surface area (Å²) < 4.78 is 0. The summed E-state index contributed by atoms with van der Waals surface area (Å²) in [6, 6.07) is 3.80. The van der Waals surface area contributed by atoms with Crippen molar-refractivity contribution in [3.05, 3.63) is 33.9 Å². The average Bonchev–Trinajstić information content (AvgIpc) is 3.07. The third kappa shape index (κ3) is 1.33. The second-order valence-corrected chi connectivity index (χ2v) is 4.04. The predicted octanol–water partition coefficient (Wildman–Crippen LogP) is 1.50. The van der Waals surface area contributed by atoms with Crippen LogP contribution in [0.4, 0.5) is 0 Å². The summed E-state index contributed by atoms with van der Waals surface area (Å²) >= 11 is 0. The fraction of sp³-hybridized carbons (Fsp3) is 0.364. The average molecular weight is 201 g/mol. The standard InChI is InChI=1S/C11H11N3O/c1-6-10-8(11(15)14-13-6)4-5-9(12-10)7-2-3-7/h4-5,7H,2-3H2,1H3,(H,14,15). The Morgan fingerprint density at radius 3 is 2.93 bits per heavy atom. The fourth-order valence-electron chi connectivity index (χ4n) is 1.79. The van der Waals surface area contributed by atoms with Crippen LogP contribution in [-0.4, -0.2) is 15.2 Å². The number of pyridine rings is 1. The van der Waals surface area contributed by atoms with Crippen molar-refractivity contribution >= 4 is 10.9 Å². The maximum atomic E-state index is 11.5. The first kappa shape index (κ1) is 8.59. The van der Waals surface area contributed by atoms with Gasteiger partial charge in [0.2, 0.25) is 0 Å². The first-order valence-electron chi connectivity index (χ1n) is 5.11. The molecule has 4 nitrogen and oxygen atoms in total. The molecule has 1 fully saturated rings. The minimum Gasteiger partial charge on any atom is -0.267 e. The van der Waals surface area contributed by atoms with E-state index in [0.717, 1.165) is 16.9 Å². The van der Waals surface area contributed by atoms with E-state index in [9.17, 15) is 4.79 Å². The molecule has 0 spiro atoms. The summed E-state index contributed by atoms with van der Waals surface area (Å²) in [6.07, 6.45) is 2.43. The van der Waals surface area contributed by atoms with Crippen LogP contribution in [0.3, 0.4) is 0 Å². The second-order valence-electron chi connectivity index (χ2n) is 4.04. The summed E-state index contributed by atoms with van der Waals surface area (Å²) in [5.41, 5.74) is 2.46. The number of hydrogen-bond acceptors (Lipinski definition) is 3. The molecule has 0 amide bonds. The lowest BCUT2D eigenvalue weighted by atomic mass is 10.2. The minimum absolute atomic E-state index is 0.162. The number of nitrogens with zero attached hydrogens (tertiary/aromatic N) is 2. The van der Waals surface area contributed by atoms with Gasteiger partial charge >= 0.3 is 0 Å². The largest absolute Gasteiger partial charge is 0.273 e. The third-order valence-electron chi connectivity index (χ3n) is 2.82. The summed E-state index contributed by atoms with van der Waals surface area (Å²) in [6.45, 7) is 1.86. The number of hydrogen-bond donors (Lipinski definition) is 1. The molecule has 0 radical (unpaired) electrons. The molecular weight excluding hydrogens is 190 g/mol. The van der Waals surface area contributed by atoms with E-state index in [4.69, 9.17) is 0 Å². The van der Waals surface area contributed by atoms with Crippen LogP contribution in [0.1, 0.15) is 30.1 Å². The van der Waals surface area contributed by atoms with Gasteiger partial charge in [-0.05, 0) is 31.9 Å². The molecule has 1 aliphatic rings. The Balaban J connectivity index is 2.33. The van der Waals surface area contributed by atoms with E-state index in [2.05, 4.69) is 15.2 Å². The van der Waals surface area contributed by atoms with E-state index < -0.39 is 0 Å². The monoisotopic (exact) mass is 201 g/mol. The topological polar surface area (TPSA) is 58.6 Å². The van der Waals surface area contributed by atoms with Crippen molar-refractivity contribution in [3.8, 4) is 0 Å². The smallest absolute Gasteiger partial charge is 0.267 e. The van der Waals surface area contributed by atoms with Crippen molar-refractivity contribution in [1.82, 2.24) is 15.2 Å². The highest BCUT2D eigenvalue weighted by Gasteiger charge is 2.25. The third-order valence-corrected chi connectivity index (χ3v) is 2.82. The second kappa shape index (κ2) is 2.89. The number of H-pyrrole nitrogens is 1. The molecule has 1 saturated carbocycles. The minimum atomic E-state index is -0.162. The van der Waals surface area contributed by atoms with E-state index in [0.29, 0.717) is 11.3 Å². The molecule has 1 N–H and O–H groups in total. The van der Waals surface area contributed by atoms with E-state index in [1.807, 2.05) is 19.1 Å². The lowest BCUT2D eigenvalue weighted by molar-refractivity contribution is 0.953. The summed E-state index contributed by atoms with van der Waals surface area (Å²) in [5, 5.41) is 7.02. The van der Waals surface area contributed by atoms with E-state index >= 15 is 0 Å². The molecule has 2 heterocycles. The summed E-state index contributed by atoms with van der Waals surface area (Å²) in [4.78, 5) is 16.0. The van der Waals surface area contributed by atoms with Crippen molar-refractivity contribution < 1.29 is 0 Å². The van der Waals surface area contributed by atoms with Gasteiger partial charge in [0.05, 0.1) is 16.6 Å². The molecule has 0 atom stereocenters. The highest BCUT2D eigenvalue weighted by Crippen LogP contribution is 2.39. The summed E-state index contributed by atoms with van der Waals surface area (Å²) in [7, 11) is 0. The van der Waals surface area contributed by atoms with Crippen LogP contribution in [-0.2, 0) is 0 Å². The number of aromatic amines is 1. The zero-order chi connectivity index (χ0) is 10.4. The normalized spacial score (nSPS) is 15.8. The van der Waals surface area contributed by atoms with Crippen LogP contribution in [0.15, 0.2) is 16.9 Å². The van der Waals surface area contributed by atoms with Crippen LogP contribution in [0.2, 0.25) is 0 Å². The van der Waals surface area contributed by atoms with Crippen LogP contribution >= 0.6 is 0 Å². The van der Waals surface area contributed by atoms with Crippen LogP contribution in [0, 0.1) is 6.92 Å². The zero-order valence-electron chi connectivity index (χ0n) is 8.45. The Hall–Kier alpha value is -1.71. The molecule has 15 heavy (non-hydrogen) atoms. The Kier molecular flexibility index (Phi) is 1.65. The fourth-order valence-corrected chi connectivity index (χ4v) is 1.79. The quantitative estimate of drug-likeness (QED) is 0.760. The number of rotatable bonds is 1. The molecule has 2 aromatic rings.